The van der Waals surface area contributed by atoms with Gasteiger partial charge in [0.2, 0.25) is 0 Å². The van der Waals surface area contributed by atoms with E-state index in [9.17, 15) is 5.11 Å². The van der Waals surface area contributed by atoms with Crippen LogP contribution in [0.25, 0.3) is 0 Å². The molecule has 2 heteroatoms. The van der Waals surface area contributed by atoms with Gasteiger partial charge < -0.3 is 10.4 Å². The lowest BCUT2D eigenvalue weighted by Gasteiger charge is -2.28. The van der Waals surface area contributed by atoms with E-state index in [4.69, 9.17) is 0 Å². The molecule has 0 heterocycles. The molecule has 0 bridgehead atoms. The van der Waals surface area contributed by atoms with Crippen LogP contribution < -0.4 is 5.32 Å². The quantitative estimate of drug-likeness (QED) is 0.709. The lowest BCUT2D eigenvalue weighted by molar-refractivity contribution is 0.0982. The standard InChI is InChI=1S/C12H23NO/c1-8(2)13-11-5-3-9-7-10(9)4-6-12(11)14/h8-14H,3-7H2,1-2H3/t9-,10-,11-,12-/m1/s1. The molecule has 0 aliphatic heterocycles. The number of nitrogens with one attached hydrogen (secondary N) is 1. The number of hydrogen-bond acceptors (Lipinski definition) is 2. The first-order valence-corrected chi connectivity index (χ1v) is 6.11. The zero-order chi connectivity index (χ0) is 10.1. The first-order chi connectivity index (χ1) is 6.66. The Hall–Kier alpha value is -0.0800. The van der Waals surface area contributed by atoms with E-state index in [0.29, 0.717) is 12.1 Å². The van der Waals surface area contributed by atoms with Gasteiger partial charge in [-0.15, -0.1) is 0 Å². The second kappa shape index (κ2) is 4.19. The minimum absolute atomic E-state index is 0.112. The molecule has 2 nitrogen and oxygen atoms in total. The summed E-state index contributed by atoms with van der Waals surface area (Å²) >= 11 is 0. The van der Waals surface area contributed by atoms with Gasteiger partial charge in [0.05, 0.1) is 6.10 Å². The van der Waals surface area contributed by atoms with E-state index in [1.165, 1.54) is 25.7 Å². The number of hydrogen-bond donors (Lipinski definition) is 2. The maximum absolute atomic E-state index is 10.00. The molecule has 2 rings (SSSR count). The smallest absolute Gasteiger partial charge is 0.0693 e. The SMILES string of the molecule is CC(C)N[C@@H]1CC[C@@H]2C[C@H]2CC[C@H]1O. The first-order valence-electron chi connectivity index (χ1n) is 6.11. The van der Waals surface area contributed by atoms with Gasteiger partial charge in [-0.1, -0.05) is 13.8 Å². The van der Waals surface area contributed by atoms with E-state index in [2.05, 4.69) is 19.2 Å². The van der Waals surface area contributed by atoms with Crippen LogP contribution in [-0.2, 0) is 0 Å². The molecule has 0 unspecified atom stereocenters. The lowest BCUT2D eigenvalue weighted by Crippen LogP contribution is -2.44. The number of fused-ring (bicyclic) bond motifs is 1. The fourth-order valence-electron chi connectivity index (χ4n) is 2.81. The van der Waals surface area contributed by atoms with Gasteiger partial charge in [0.15, 0.2) is 0 Å². The van der Waals surface area contributed by atoms with Crippen LogP contribution in [-0.4, -0.2) is 23.3 Å². The Kier molecular flexibility index (Phi) is 3.13. The predicted molar refractivity (Wildman–Crippen MR) is 58.1 cm³/mol. The Bertz CT molecular complexity index is 193. The average Bonchev–Trinajstić information content (AvgIpc) is 2.84. The summed E-state index contributed by atoms with van der Waals surface area (Å²) in [5, 5.41) is 13.5. The van der Waals surface area contributed by atoms with Gasteiger partial charge in [0.1, 0.15) is 0 Å². The predicted octanol–water partition coefficient (Wildman–Crippen LogP) is 1.92. The second-order valence-electron chi connectivity index (χ2n) is 5.41. The first kappa shape index (κ1) is 10.4. The average molecular weight is 197 g/mol. The summed E-state index contributed by atoms with van der Waals surface area (Å²) in [7, 11) is 0. The van der Waals surface area contributed by atoms with Crippen molar-refractivity contribution in [3.8, 4) is 0 Å². The van der Waals surface area contributed by atoms with Gasteiger partial charge >= 0.3 is 0 Å². The van der Waals surface area contributed by atoms with Crippen molar-refractivity contribution >= 4 is 0 Å². The van der Waals surface area contributed by atoms with Crippen LogP contribution in [0.4, 0.5) is 0 Å². The van der Waals surface area contributed by atoms with Crippen molar-refractivity contribution in [2.24, 2.45) is 11.8 Å². The van der Waals surface area contributed by atoms with Crippen LogP contribution in [0, 0.1) is 11.8 Å². The topological polar surface area (TPSA) is 32.3 Å². The summed E-state index contributed by atoms with van der Waals surface area (Å²) in [6.07, 6.45) is 6.07. The maximum Gasteiger partial charge on any atom is 0.0693 e. The zero-order valence-corrected chi connectivity index (χ0v) is 9.37. The van der Waals surface area contributed by atoms with Gasteiger partial charge in [-0.2, -0.15) is 0 Å². The fraction of sp³-hybridized carbons (Fsp3) is 1.00. The van der Waals surface area contributed by atoms with Crippen LogP contribution in [0.3, 0.4) is 0 Å². The molecule has 2 saturated carbocycles. The normalized spacial score (nSPS) is 42.9. The molecule has 0 aromatic heterocycles. The van der Waals surface area contributed by atoms with Crippen molar-refractivity contribution in [3.05, 3.63) is 0 Å². The molecule has 0 aromatic carbocycles. The third-order valence-corrected chi connectivity index (χ3v) is 3.76. The largest absolute Gasteiger partial charge is 0.392 e. The van der Waals surface area contributed by atoms with Crippen LogP contribution in [0.5, 0.6) is 0 Å². The highest BCUT2D eigenvalue weighted by molar-refractivity contribution is 4.92. The van der Waals surface area contributed by atoms with Crippen molar-refractivity contribution in [1.29, 1.82) is 0 Å². The maximum atomic E-state index is 10.00. The number of aliphatic hydroxyl groups is 1. The summed E-state index contributed by atoms with van der Waals surface area (Å²) in [6, 6.07) is 0.834. The van der Waals surface area contributed by atoms with E-state index in [1.807, 2.05) is 0 Å². The highest BCUT2D eigenvalue weighted by Crippen LogP contribution is 2.47. The Morgan fingerprint density at radius 2 is 1.71 bits per heavy atom. The van der Waals surface area contributed by atoms with Gasteiger partial charge in [-0.25, -0.2) is 0 Å². The minimum Gasteiger partial charge on any atom is -0.392 e. The minimum atomic E-state index is -0.112. The van der Waals surface area contributed by atoms with Crippen molar-refractivity contribution < 1.29 is 5.11 Å². The molecule has 0 amide bonds. The highest BCUT2D eigenvalue weighted by atomic mass is 16.3. The summed E-state index contributed by atoms with van der Waals surface area (Å²) in [4.78, 5) is 0. The van der Waals surface area contributed by atoms with E-state index in [1.54, 1.807) is 0 Å². The van der Waals surface area contributed by atoms with Crippen LogP contribution in [0.1, 0.15) is 46.0 Å². The van der Waals surface area contributed by atoms with Gasteiger partial charge in [-0.3, -0.25) is 0 Å². The second-order valence-corrected chi connectivity index (χ2v) is 5.41. The van der Waals surface area contributed by atoms with Gasteiger partial charge in [-0.05, 0) is 43.9 Å². The van der Waals surface area contributed by atoms with Crippen molar-refractivity contribution in [2.75, 3.05) is 0 Å². The van der Waals surface area contributed by atoms with Crippen LogP contribution in [0.15, 0.2) is 0 Å². The van der Waals surface area contributed by atoms with Crippen molar-refractivity contribution in [3.63, 3.8) is 0 Å². The Labute approximate surface area is 87.1 Å². The molecule has 0 radical (unpaired) electrons. The lowest BCUT2D eigenvalue weighted by atomic mass is 9.94. The molecule has 4 atom stereocenters. The van der Waals surface area contributed by atoms with E-state index in [0.717, 1.165) is 18.3 Å². The van der Waals surface area contributed by atoms with Crippen molar-refractivity contribution in [2.45, 2.75) is 64.1 Å². The molecular formula is C12H23NO. The molecule has 82 valence electrons. The van der Waals surface area contributed by atoms with Crippen LogP contribution in [0.2, 0.25) is 0 Å². The monoisotopic (exact) mass is 197 g/mol. The van der Waals surface area contributed by atoms with Gasteiger partial charge in [0, 0.05) is 12.1 Å². The van der Waals surface area contributed by atoms with Crippen molar-refractivity contribution in [1.82, 2.24) is 5.32 Å². The molecule has 2 N–H and O–H groups in total. The molecule has 2 aliphatic carbocycles. The molecule has 0 aromatic rings. The third-order valence-electron chi connectivity index (χ3n) is 3.76. The molecular weight excluding hydrogens is 174 g/mol. The summed E-state index contributed by atoms with van der Waals surface area (Å²) in [6.45, 7) is 4.32. The Morgan fingerprint density at radius 3 is 2.36 bits per heavy atom. The third kappa shape index (κ3) is 2.48. The van der Waals surface area contributed by atoms with Gasteiger partial charge in [0.25, 0.3) is 0 Å². The number of aliphatic hydroxyl groups excluding tert-OH is 1. The molecule has 14 heavy (non-hydrogen) atoms. The summed E-state index contributed by atoms with van der Waals surface area (Å²) in [5.74, 6) is 1.96. The van der Waals surface area contributed by atoms with E-state index < -0.39 is 0 Å². The number of rotatable bonds is 2. The Balaban J connectivity index is 1.86. The Morgan fingerprint density at radius 1 is 1.07 bits per heavy atom. The summed E-state index contributed by atoms with van der Waals surface area (Å²) in [5.41, 5.74) is 0. The van der Waals surface area contributed by atoms with E-state index in [-0.39, 0.29) is 6.10 Å². The molecule has 2 fully saturated rings. The van der Waals surface area contributed by atoms with E-state index >= 15 is 0 Å². The van der Waals surface area contributed by atoms with Crippen LogP contribution >= 0.6 is 0 Å². The molecule has 0 saturated heterocycles. The zero-order valence-electron chi connectivity index (χ0n) is 9.37. The highest BCUT2D eigenvalue weighted by Gasteiger charge is 2.39. The molecule has 0 spiro atoms. The fourth-order valence-corrected chi connectivity index (χ4v) is 2.81. The summed E-state index contributed by atoms with van der Waals surface area (Å²) < 4.78 is 0. The molecule has 2 aliphatic rings.